The van der Waals surface area contributed by atoms with Crippen molar-refractivity contribution < 1.29 is 59.0 Å². The Kier molecular flexibility index (Phi) is 9.41. The van der Waals surface area contributed by atoms with Gasteiger partial charge in [-0.15, -0.1) is 0 Å². The van der Waals surface area contributed by atoms with E-state index < -0.39 is 65.5 Å². The average molecular weight is 488 g/mol. The maximum atomic E-state index is 10.5. The van der Waals surface area contributed by atoms with Crippen LogP contribution in [0.3, 0.4) is 0 Å². The minimum absolute atomic E-state index is 0. The number of para-hydroxylation sites is 2. The van der Waals surface area contributed by atoms with Crippen molar-refractivity contribution in [2.75, 3.05) is 0 Å². The van der Waals surface area contributed by atoms with Crippen LogP contribution >= 0.6 is 0 Å². The number of nitro groups is 4. The van der Waals surface area contributed by atoms with Gasteiger partial charge in [0.1, 0.15) is 0 Å². The van der Waals surface area contributed by atoms with Crippen molar-refractivity contribution in [2.45, 2.75) is 0 Å². The minimum atomic E-state index is -1.83. The van der Waals surface area contributed by atoms with Crippen LogP contribution in [0.25, 0.3) is 0 Å². The van der Waals surface area contributed by atoms with Crippen LogP contribution in [0.2, 0.25) is 0 Å². The van der Waals surface area contributed by atoms with Gasteiger partial charge in [-0.2, -0.15) is 0 Å². The number of carbonyl (C=O) groups excluding carboxylic acids is 2. The number of rotatable bonds is 6. The Labute approximate surface area is 182 Å². The van der Waals surface area contributed by atoms with Gasteiger partial charge in [-0.3, -0.25) is 40.5 Å². The Bertz CT molecular complexity index is 937. The molecule has 16 nitrogen and oxygen atoms in total. The molecule has 0 aromatic heterocycles. The Morgan fingerprint density at radius 3 is 1.06 bits per heavy atom. The third-order valence-electron chi connectivity index (χ3n) is 3.23. The van der Waals surface area contributed by atoms with E-state index >= 15 is 0 Å². The number of nitrogens with zero attached hydrogens (tertiary/aromatic N) is 4. The van der Waals surface area contributed by atoms with E-state index in [1.165, 1.54) is 0 Å². The number of nitro benzene ring substituents is 4. The smallest absolute Gasteiger partial charge is 0.545 e. The number of aromatic carboxylic acids is 2. The zero-order valence-electron chi connectivity index (χ0n) is 14.9. The van der Waals surface area contributed by atoms with Gasteiger partial charge in [-0.1, -0.05) is 12.1 Å². The number of hydrogen-bond acceptors (Lipinski definition) is 12. The molecule has 0 fully saturated rings. The molecule has 0 spiro atoms. The molecule has 2 aromatic carbocycles. The third kappa shape index (κ3) is 6.29. The SMILES string of the molecule is O=C([O-])c1cccc([N+](=O)[O-])c1[N+](=O)[O-].O=C([O-])c1cccc([N+](=O)[O-])c1[N+](=O)[O-].[Zn+2]. The molecule has 0 radical (unpaired) electrons. The van der Waals surface area contributed by atoms with Crippen molar-refractivity contribution in [3.05, 3.63) is 88.0 Å². The molecule has 2 aromatic rings. The number of carboxylic acids is 2. The molecule has 0 heterocycles. The van der Waals surface area contributed by atoms with Crippen LogP contribution in [-0.4, -0.2) is 31.6 Å². The fraction of sp³-hybridized carbons (Fsp3) is 0. The first-order valence-electron chi connectivity index (χ1n) is 7.16. The summed E-state index contributed by atoms with van der Waals surface area (Å²) >= 11 is 0. The molecular weight excluding hydrogens is 482 g/mol. The summed E-state index contributed by atoms with van der Waals surface area (Å²) in [6, 6.07) is 5.53. The molecule has 0 aliphatic carbocycles. The number of benzene rings is 2. The van der Waals surface area contributed by atoms with E-state index in [0.29, 0.717) is 0 Å². The van der Waals surface area contributed by atoms with Gasteiger partial charge in [-0.25, -0.2) is 0 Å². The van der Waals surface area contributed by atoms with E-state index in [-0.39, 0.29) is 19.5 Å². The summed E-state index contributed by atoms with van der Waals surface area (Å²) in [4.78, 5) is 58.3. The quantitative estimate of drug-likeness (QED) is 0.290. The summed E-state index contributed by atoms with van der Waals surface area (Å²) in [6.45, 7) is 0. The van der Waals surface area contributed by atoms with Gasteiger partial charge < -0.3 is 19.8 Å². The maximum absolute atomic E-state index is 10.5. The summed E-state index contributed by atoms with van der Waals surface area (Å²) in [6.07, 6.45) is 0. The first kappa shape index (κ1) is 26.6. The molecule has 0 N–H and O–H groups in total. The van der Waals surface area contributed by atoms with Gasteiger partial charge in [-0.05, 0) is 12.1 Å². The minimum Gasteiger partial charge on any atom is -0.545 e. The summed E-state index contributed by atoms with van der Waals surface area (Å²) in [5.74, 6) is -3.66. The Morgan fingerprint density at radius 2 is 0.871 bits per heavy atom. The van der Waals surface area contributed by atoms with E-state index in [2.05, 4.69) is 0 Å². The van der Waals surface area contributed by atoms with Crippen LogP contribution in [0.4, 0.5) is 22.7 Å². The Morgan fingerprint density at radius 1 is 0.581 bits per heavy atom. The van der Waals surface area contributed by atoms with Gasteiger partial charge >= 0.3 is 42.2 Å². The molecule has 0 saturated carbocycles. The molecule has 0 aliphatic rings. The second-order valence-electron chi connectivity index (χ2n) is 4.95. The van der Waals surface area contributed by atoms with Crippen LogP contribution in [0.5, 0.6) is 0 Å². The van der Waals surface area contributed by atoms with Crippen LogP contribution in [0, 0.1) is 40.5 Å². The van der Waals surface area contributed by atoms with Crippen molar-refractivity contribution in [3.63, 3.8) is 0 Å². The monoisotopic (exact) mass is 486 g/mol. The summed E-state index contributed by atoms with van der Waals surface area (Å²) < 4.78 is 0. The largest absolute Gasteiger partial charge is 2.00 e. The fourth-order valence-corrected chi connectivity index (χ4v) is 2.07. The standard InChI is InChI=1S/2C7H4N2O6.Zn/c2*10-7(11)4-2-1-3-5(8(12)13)6(4)9(14)15;/h2*1-3H,(H,10,11);/q;;+2/p-2. The Hall–Kier alpha value is -4.40. The average Bonchev–Trinajstić information content (AvgIpc) is 2.66. The van der Waals surface area contributed by atoms with Crippen molar-refractivity contribution in [2.24, 2.45) is 0 Å². The first-order chi connectivity index (χ1) is 13.9. The van der Waals surface area contributed by atoms with Crippen molar-refractivity contribution in [1.29, 1.82) is 0 Å². The molecule has 2 rings (SSSR count). The zero-order valence-corrected chi connectivity index (χ0v) is 17.8. The topological polar surface area (TPSA) is 253 Å². The van der Waals surface area contributed by atoms with Gasteiger partial charge in [0.05, 0.1) is 42.8 Å². The first-order valence-corrected chi connectivity index (χ1v) is 7.16. The van der Waals surface area contributed by atoms with E-state index in [1.54, 1.807) is 0 Å². The predicted octanol–water partition coefficient (Wildman–Crippen LogP) is -0.270. The normalized spacial score (nSPS) is 9.29. The molecule has 0 amide bonds. The molecule has 0 aliphatic heterocycles. The second-order valence-corrected chi connectivity index (χ2v) is 4.95. The van der Waals surface area contributed by atoms with E-state index in [1.807, 2.05) is 0 Å². The van der Waals surface area contributed by atoms with E-state index in [0.717, 1.165) is 36.4 Å². The van der Waals surface area contributed by atoms with Crippen molar-refractivity contribution >= 4 is 34.7 Å². The third-order valence-corrected chi connectivity index (χ3v) is 3.23. The molecule has 31 heavy (non-hydrogen) atoms. The Balaban J connectivity index is 0.000000562. The van der Waals surface area contributed by atoms with E-state index in [4.69, 9.17) is 0 Å². The zero-order chi connectivity index (χ0) is 23.2. The molecule has 0 atom stereocenters. The van der Waals surface area contributed by atoms with Crippen LogP contribution in [-0.2, 0) is 19.5 Å². The summed E-state index contributed by atoms with van der Waals surface area (Å²) in [7, 11) is 0. The fourth-order valence-electron chi connectivity index (χ4n) is 2.07. The molecular formula is C14H6N4O12Zn. The van der Waals surface area contributed by atoms with Crippen LogP contribution in [0.15, 0.2) is 36.4 Å². The van der Waals surface area contributed by atoms with Gasteiger partial charge in [0, 0.05) is 12.1 Å². The van der Waals surface area contributed by atoms with Crippen LogP contribution in [0.1, 0.15) is 20.7 Å². The van der Waals surface area contributed by atoms with Gasteiger partial charge in [0.15, 0.2) is 0 Å². The number of hydrogen-bond donors (Lipinski definition) is 0. The molecule has 0 saturated heterocycles. The van der Waals surface area contributed by atoms with Gasteiger partial charge in [0.25, 0.3) is 0 Å². The summed E-state index contributed by atoms with van der Waals surface area (Å²) in [5.41, 5.74) is -5.50. The number of carbonyl (C=O) groups is 2. The molecule has 0 unspecified atom stereocenters. The van der Waals surface area contributed by atoms with Crippen molar-refractivity contribution in [3.8, 4) is 0 Å². The predicted molar refractivity (Wildman–Crippen MR) is 88.2 cm³/mol. The summed E-state index contributed by atoms with van der Waals surface area (Å²) in [5, 5.41) is 62.6. The number of carboxylic acid groups (broad SMARTS) is 2. The maximum Gasteiger partial charge on any atom is 2.00 e. The molecule has 0 bridgehead atoms. The van der Waals surface area contributed by atoms with Crippen molar-refractivity contribution in [1.82, 2.24) is 0 Å². The molecule has 17 heteroatoms. The second kappa shape index (κ2) is 11.0. The van der Waals surface area contributed by atoms with E-state index in [9.17, 15) is 60.3 Å². The van der Waals surface area contributed by atoms with Crippen LogP contribution < -0.4 is 10.2 Å². The van der Waals surface area contributed by atoms with Gasteiger partial charge in [0.2, 0.25) is 0 Å². The molecule has 156 valence electrons.